The van der Waals surface area contributed by atoms with Gasteiger partial charge >= 0.3 is 0 Å². The minimum Gasteiger partial charge on any atom is -0.372 e. The van der Waals surface area contributed by atoms with E-state index in [0.717, 1.165) is 10.8 Å². The molecule has 0 unspecified atom stereocenters. The van der Waals surface area contributed by atoms with E-state index < -0.39 is 0 Å². The topological polar surface area (TPSA) is 53.3 Å². The highest BCUT2D eigenvalue weighted by Gasteiger charge is 2.26. The molecule has 4 heteroatoms. The van der Waals surface area contributed by atoms with Gasteiger partial charge in [0, 0.05) is 19.2 Å². The van der Waals surface area contributed by atoms with Crippen LogP contribution in [-0.4, -0.2) is 30.5 Å². The fourth-order valence-electron chi connectivity index (χ4n) is 2.82. The number of amides is 1. The van der Waals surface area contributed by atoms with E-state index >= 15 is 0 Å². The van der Waals surface area contributed by atoms with E-state index in [1.54, 1.807) is 11.9 Å². The number of nitriles is 1. The number of hydrogen-bond acceptors (Lipinski definition) is 3. The number of carbonyl (C=O) groups is 1. The summed E-state index contributed by atoms with van der Waals surface area (Å²) >= 11 is 0. The lowest BCUT2D eigenvalue weighted by atomic mass is 9.93. The molecule has 1 aliphatic rings. The summed E-state index contributed by atoms with van der Waals surface area (Å²) in [6.45, 7) is 2.77. The van der Waals surface area contributed by atoms with Crippen molar-refractivity contribution in [1.82, 2.24) is 4.90 Å². The van der Waals surface area contributed by atoms with Gasteiger partial charge < -0.3 is 9.64 Å². The third kappa shape index (κ3) is 2.26. The molecule has 0 saturated carbocycles. The van der Waals surface area contributed by atoms with Gasteiger partial charge in [-0.3, -0.25) is 4.79 Å². The second kappa shape index (κ2) is 5.19. The summed E-state index contributed by atoms with van der Waals surface area (Å²) in [6.07, 6.45) is -0.0508. The lowest BCUT2D eigenvalue weighted by molar-refractivity contribution is 0.0235. The van der Waals surface area contributed by atoms with Crippen LogP contribution in [0, 0.1) is 11.3 Å². The number of likely N-dealkylation sites (N-methyl/N-ethyl adjacent to an activating group) is 1. The predicted molar refractivity (Wildman–Crippen MR) is 79.9 cm³/mol. The lowest BCUT2D eigenvalue weighted by Gasteiger charge is -2.27. The molecular formula is C17H16N2O2. The molecule has 1 heterocycles. The Hall–Kier alpha value is -2.38. The molecule has 4 nitrogen and oxygen atoms in total. The molecule has 0 fully saturated rings. The smallest absolute Gasteiger partial charge is 0.254 e. The van der Waals surface area contributed by atoms with Gasteiger partial charge in [0.25, 0.3) is 5.91 Å². The maximum atomic E-state index is 12.8. The van der Waals surface area contributed by atoms with Gasteiger partial charge in [-0.1, -0.05) is 24.3 Å². The monoisotopic (exact) mass is 280 g/mol. The zero-order valence-corrected chi connectivity index (χ0v) is 12.1. The highest BCUT2D eigenvalue weighted by Crippen LogP contribution is 2.29. The first-order chi connectivity index (χ1) is 10.1. The largest absolute Gasteiger partial charge is 0.372 e. The zero-order chi connectivity index (χ0) is 15.0. The van der Waals surface area contributed by atoms with E-state index in [0.29, 0.717) is 29.8 Å². The van der Waals surface area contributed by atoms with Gasteiger partial charge in [-0.2, -0.15) is 5.26 Å². The Bertz CT molecular complexity index is 761. The van der Waals surface area contributed by atoms with Crippen LogP contribution in [0.15, 0.2) is 30.3 Å². The molecule has 0 aromatic heterocycles. The summed E-state index contributed by atoms with van der Waals surface area (Å²) in [6, 6.07) is 11.7. The van der Waals surface area contributed by atoms with Crippen LogP contribution in [0.1, 0.15) is 28.4 Å². The average molecular weight is 280 g/mol. The van der Waals surface area contributed by atoms with Crippen molar-refractivity contribution < 1.29 is 9.53 Å². The first-order valence-electron chi connectivity index (χ1n) is 6.93. The molecule has 0 spiro atoms. The molecule has 106 valence electrons. The number of benzene rings is 2. The maximum Gasteiger partial charge on any atom is 0.254 e. The number of nitrogens with zero attached hydrogens (tertiary/aromatic N) is 2. The molecule has 3 rings (SSSR count). The minimum atomic E-state index is -0.0508. The zero-order valence-electron chi connectivity index (χ0n) is 12.1. The van der Waals surface area contributed by atoms with Gasteiger partial charge in [0.1, 0.15) is 0 Å². The summed E-state index contributed by atoms with van der Waals surface area (Å²) in [5.74, 6) is -0.0477. The molecule has 0 radical (unpaired) electrons. The summed E-state index contributed by atoms with van der Waals surface area (Å²) in [7, 11) is 1.77. The van der Waals surface area contributed by atoms with Gasteiger partial charge in [0.2, 0.25) is 0 Å². The number of hydrogen-bond donors (Lipinski definition) is 0. The first-order valence-corrected chi connectivity index (χ1v) is 6.93. The van der Waals surface area contributed by atoms with Crippen LogP contribution in [0.25, 0.3) is 10.8 Å². The summed E-state index contributed by atoms with van der Waals surface area (Å²) in [5, 5.41) is 11.2. The second-order valence-electron chi connectivity index (χ2n) is 5.42. The van der Waals surface area contributed by atoms with E-state index in [-0.39, 0.29) is 12.0 Å². The van der Waals surface area contributed by atoms with Gasteiger partial charge in [0.15, 0.2) is 0 Å². The van der Waals surface area contributed by atoms with Crippen molar-refractivity contribution in [3.63, 3.8) is 0 Å². The Morgan fingerprint density at radius 1 is 1.38 bits per heavy atom. The molecule has 2 aromatic carbocycles. The van der Waals surface area contributed by atoms with Crippen LogP contribution in [0.2, 0.25) is 0 Å². The van der Waals surface area contributed by atoms with E-state index in [1.165, 1.54) is 0 Å². The molecular weight excluding hydrogens is 264 g/mol. The highest BCUT2D eigenvalue weighted by molar-refractivity contribution is 6.09. The van der Waals surface area contributed by atoms with Gasteiger partial charge in [-0.15, -0.1) is 0 Å². The van der Waals surface area contributed by atoms with Crippen molar-refractivity contribution in [3.8, 4) is 6.07 Å². The fraction of sp³-hybridized carbons (Fsp3) is 0.294. The Morgan fingerprint density at radius 3 is 2.90 bits per heavy atom. The van der Waals surface area contributed by atoms with Crippen molar-refractivity contribution in [3.05, 3.63) is 47.0 Å². The lowest BCUT2D eigenvalue weighted by Crippen LogP contribution is -2.37. The fourth-order valence-corrected chi connectivity index (χ4v) is 2.82. The quantitative estimate of drug-likeness (QED) is 0.745. The average Bonchev–Trinajstić information content (AvgIpc) is 2.49. The van der Waals surface area contributed by atoms with Crippen LogP contribution >= 0.6 is 0 Å². The molecule has 0 aliphatic carbocycles. The SMILES string of the molecule is C[C@H]1CN(C)C(=O)c2c(c(C#N)cc3ccccc23)CO1. The van der Waals surface area contributed by atoms with Crippen LogP contribution in [0.5, 0.6) is 0 Å². The van der Waals surface area contributed by atoms with Crippen molar-refractivity contribution in [2.45, 2.75) is 19.6 Å². The summed E-state index contributed by atoms with van der Waals surface area (Å²) < 4.78 is 5.77. The molecule has 0 bridgehead atoms. The predicted octanol–water partition coefficient (Wildman–Crippen LogP) is 2.70. The Kier molecular flexibility index (Phi) is 3.36. The molecule has 1 atom stereocenters. The summed E-state index contributed by atoms with van der Waals surface area (Å²) in [5.41, 5.74) is 1.80. The highest BCUT2D eigenvalue weighted by atomic mass is 16.5. The van der Waals surface area contributed by atoms with Crippen LogP contribution in [-0.2, 0) is 11.3 Å². The van der Waals surface area contributed by atoms with E-state index in [2.05, 4.69) is 6.07 Å². The third-order valence-electron chi connectivity index (χ3n) is 3.88. The van der Waals surface area contributed by atoms with Crippen molar-refractivity contribution in [2.24, 2.45) is 0 Å². The molecule has 0 saturated heterocycles. The number of carbonyl (C=O) groups excluding carboxylic acids is 1. The number of rotatable bonds is 0. The summed E-state index contributed by atoms with van der Waals surface area (Å²) in [4.78, 5) is 14.4. The van der Waals surface area contributed by atoms with E-state index in [1.807, 2.05) is 37.3 Å². The van der Waals surface area contributed by atoms with E-state index in [4.69, 9.17) is 4.74 Å². The first kappa shape index (κ1) is 13.6. The number of ether oxygens (including phenoxy) is 1. The second-order valence-corrected chi connectivity index (χ2v) is 5.42. The molecule has 1 amide bonds. The van der Waals surface area contributed by atoms with Gasteiger partial charge in [0.05, 0.1) is 29.9 Å². The maximum absolute atomic E-state index is 12.8. The minimum absolute atomic E-state index is 0.0477. The van der Waals surface area contributed by atoms with Gasteiger partial charge in [-0.25, -0.2) is 0 Å². The van der Waals surface area contributed by atoms with Crippen molar-refractivity contribution in [2.75, 3.05) is 13.6 Å². The number of fused-ring (bicyclic) bond motifs is 3. The molecule has 0 N–H and O–H groups in total. The Labute approximate surface area is 123 Å². The normalized spacial score (nSPS) is 18.8. The van der Waals surface area contributed by atoms with Crippen molar-refractivity contribution in [1.29, 1.82) is 5.26 Å². The van der Waals surface area contributed by atoms with Crippen LogP contribution in [0.3, 0.4) is 0 Å². The van der Waals surface area contributed by atoms with E-state index in [9.17, 15) is 10.1 Å². The molecule has 1 aliphatic heterocycles. The molecule has 2 aromatic rings. The standard InChI is InChI=1S/C17H16N2O2/c1-11-9-19(2)17(20)16-14-6-4-3-5-12(14)7-13(8-18)15(16)10-21-11/h3-7,11H,9-10H2,1-2H3/t11-/m0/s1. The Balaban J connectivity index is 2.34. The Morgan fingerprint density at radius 2 is 2.14 bits per heavy atom. The molecule has 21 heavy (non-hydrogen) atoms. The van der Waals surface area contributed by atoms with Gasteiger partial charge in [-0.05, 0) is 23.8 Å². The van der Waals surface area contributed by atoms with Crippen LogP contribution in [0.4, 0.5) is 0 Å². The van der Waals surface area contributed by atoms with Crippen molar-refractivity contribution >= 4 is 16.7 Å². The van der Waals surface area contributed by atoms with Crippen LogP contribution < -0.4 is 0 Å². The third-order valence-corrected chi connectivity index (χ3v) is 3.88.